The van der Waals surface area contributed by atoms with Crippen molar-refractivity contribution in [3.05, 3.63) is 0 Å². The predicted octanol–water partition coefficient (Wildman–Crippen LogP) is 4.06. The molecule has 1 saturated carbocycles. The molecule has 0 N–H and O–H groups in total. The summed E-state index contributed by atoms with van der Waals surface area (Å²) in [6, 6.07) is 0.682. The van der Waals surface area contributed by atoms with Crippen LogP contribution in [0.2, 0.25) is 0 Å². The Morgan fingerprint density at radius 3 is 1.96 bits per heavy atom. The van der Waals surface area contributed by atoms with Crippen LogP contribution in [0.5, 0.6) is 0 Å². The summed E-state index contributed by atoms with van der Waals surface area (Å²) >= 11 is 0. The van der Waals surface area contributed by atoms with E-state index < -0.39 is 0 Å². The molecule has 0 amide bonds. The summed E-state index contributed by atoms with van der Waals surface area (Å²) in [6.45, 7) is 14.5. The first kappa shape index (κ1) is 17.3. The zero-order valence-corrected chi connectivity index (χ0v) is 16.4. The van der Waals surface area contributed by atoms with Crippen LogP contribution in [0.1, 0.15) is 79.1 Å². The van der Waals surface area contributed by atoms with Crippen molar-refractivity contribution in [2.24, 2.45) is 5.41 Å². The molecule has 0 radical (unpaired) electrons. The molecule has 138 valence electrons. The summed E-state index contributed by atoms with van der Waals surface area (Å²) < 4.78 is 6.64. The molecule has 0 aromatic rings. The molecule has 3 nitrogen and oxygen atoms in total. The standard InChI is InChI=1S/C21H38N2O/c1-17(2)22-12-10-21(11-13-22)16-18(24-21)19(3,4)23-14-8-20(9-15-23)6-5-7-20/h17-18H,5-16H2,1-4H3. The molecule has 0 aromatic heterocycles. The lowest BCUT2D eigenvalue weighted by atomic mass is 9.62. The molecule has 3 aliphatic heterocycles. The summed E-state index contributed by atoms with van der Waals surface area (Å²) in [4.78, 5) is 5.35. The van der Waals surface area contributed by atoms with Gasteiger partial charge in [-0.05, 0) is 84.7 Å². The molecule has 3 saturated heterocycles. The van der Waals surface area contributed by atoms with Crippen LogP contribution in [0, 0.1) is 5.41 Å². The Kier molecular flexibility index (Phi) is 4.29. The predicted molar refractivity (Wildman–Crippen MR) is 99.3 cm³/mol. The third-order valence-corrected chi connectivity index (χ3v) is 8.23. The van der Waals surface area contributed by atoms with Crippen molar-refractivity contribution < 1.29 is 4.74 Å². The van der Waals surface area contributed by atoms with E-state index in [1.165, 1.54) is 77.5 Å². The second-order valence-electron chi connectivity index (χ2n) is 10.1. The number of hydrogen-bond donors (Lipinski definition) is 0. The Labute approximate surface area is 149 Å². The molecule has 1 aliphatic carbocycles. The fraction of sp³-hybridized carbons (Fsp3) is 1.00. The van der Waals surface area contributed by atoms with Crippen molar-refractivity contribution >= 4 is 0 Å². The lowest BCUT2D eigenvalue weighted by Crippen LogP contribution is -2.67. The zero-order valence-electron chi connectivity index (χ0n) is 16.4. The SMILES string of the molecule is CC(C)N1CCC2(CC1)CC(C(C)(C)N1CCC3(CCC3)CC1)O2. The molecule has 3 heteroatoms. The highest BCUT2D eigenvalue weighted by Crippen LogP contribution is 2.51. The monoisotopic (exact) mass is 334 g/mol. The van der Waals surface area contributed by atoms with Crippen LogP contribution in [0.25, 0.3) is 0 Å². The summed E-state index contributed by atoms with van der Waals surface area (Å²) in [7, 11) is 0. The summed E-state index contributed by atoms with van der Waals surface area (Å²) in [5.74, 6) is 0. The number of piperidine rings is 2. The minimum atomic E-state index is 0.214. The lowest BCUT2D eigenvalue weighted by Gasteiger charge is -2.60. The van der Waals surface area contributed by atoms with Gasteiger partial charge in [0.2, 0.25) is 0 Å². The maximum Gasteiger partial charge on any atom is 0.0788 e. The van der Waals surface area contributed by atoms with Gasteiger partial charge in [-0.15, -0.1) is 0 Å². The number of ether oxygens (including phenoxy) is 1. The molecule has 4 rings (SSSR count). The number of likely N-dealkylation sites (tertiary alicyclic amines) is 2. The van der Waals surface area contributed by atoms with Crippen molar-refractivity contribution in [3.8, 4) is 0 Å². The van der Waals surface area contributed by atoms with Crippen molar-refractivity contribution in [1.82, 2.24) is 9.80 Å². The minimum Gasteiger partial charge on any atom is -0.370 e. The average Bonchev–Trinajstić information content (AvgIpc) is 2.51. The fourth-order valence-corrected chi connectivity index (χ4v) is 5.73. The normalized spacial score (nSPS) is 33.6. The Morgan fingerprint density at radius 1 is 0.917 bits per heavy atom. The fourth-order valence-electron chi connectivity index (χ4n) is 5.73. The second-order valence-corrected chi connectivity index (χ2v) is 10.1. The average molecular weight is 335 g/mol. The van der Waals surface area contributed by atoms with Gasteiger partial charge < -0.3 is 9.64 Å². The molecule has 0 bridgehead atoms. The van der Waals surface area contributed by atoms with Gasteiger partial charge in [0.15, 0.2) is 0 Å². The van der Waals surface area contributed by atoms with Crippen LogP contribution in [0.4, 0.5) is 0 Å². The zero-order chi connectivity index (χ0) is 17.0. The van der Waals surface area contributed by atoms with Gasteiger partial charge >= 0.3 is 0 Å². The Hall–Kier alpha value is -0.120. The minimum absolute atomic E-state index is 0.214. The molecule has 2 spiro atoms. The van der Waals surface area contributed by atoms with Crippen LogP contribution < -0.4 is 0 Å². The molecule has 1 unspecified atom stereocenters. The van der Waals surface area contributed by atoms with Gasteiger partial charge in [0.05, 0.1) is 11.7 Å². The largest absolute Gasteiger partial charge is 0.370 e. The van der Waals surface area contributed by atoms with E-state index in [4.69, 9.17) is 4.74 Å². The third kappa shape index (κ3) is 2.85. The van der Waals surface area contributed by atoms with Gasteiger partial charge in [0, 0.05) is 31.1 Å². The second kappa shape index (κ2) is 5.96. The molecular weight excluding hydrogens is 296 g/mol. The van der Waals surface area contributed by atoms with E-state index in [2.05, 4.69) is 37.5 Å². The van der Waals surface area contributed by atoms with Gasteiger partial charge in [-0.3, -0.25) is 4.90 Å². The number of hydrogen-bond acceptors (Lipinski definition) is 3. The van der Waals surface area contributed by atoms with E-state index in [9.17, 15) is 0 Å². The molecular formula is C21H38N2O. The smallest absolute Gasteiger partial charge is 0.0788 e. The van der Waals surface area contributed by atoms with E-state index in [-0.39, 0.29) is 11.1 Å². The maximum absolute atomic E-state index is 6.64. The van der Waals surface area contributed by atoms with Crippen LogP contribution in [-0.4, -0.2) is 59.3 Å². The van der Waals surface area contributed by atoms with E-state index in [0.29, 0.717) is 12.1 Å². The number of nitrogens with zero attached hydrogens (tertiary/aromatic N) is 2. The van der Waals surface area contributed by atoms with Crippen LogP contribution in [0.15, 0.2) is 0 Å². The quantitative estimate of drug-likeness (QED) is 0.774. The molecule has 0 aromatic carbocycles. The van der Waals surface area contributed by atoms with Gasteiger partial charge in [0.25, 0.3) is 0 Å². The molecule has 4 aliphatic rings. The summed E-state index contributed by atoms with van der Waals surface area (Å²) in [5, 5.41) is 0. The van der Waals surface area contributed by atoms with Gasteiger partial charge in [0.1, 0.15) is 0 Å². The number of rotatable bonds is 3. The Balaban J connectivity index is 1.29. The summed E-state index contributed by atoms with van der Waals surface area (Å²) in [5.41, 5.74) is 1.18. The topological polar surface area (TPSA) is 15.7 Å². The van der Waals surface area contributed by atoms with E-state index in [1.807, 2.05) is 0 Å². The van der Waals surface area contributed by atoms with E-state index in [0.717, 1.165) is 5.41 Å². The summed E-state index contributed by atoms with van der Waals surface area (Å²) in [6.07, 6.45) is 11.5. The van der Waals surface area contributed by atoms with Crippen molar-refractivity contribution in [1.29, 1.82) is 0 Å². The molecule has 4 fully saturated rings. The highest BCUT2D eigenvalue weighted by Gasteiger charge is 2.54. The maximum atomic E-state index is 6.64. The van der Waals surface area contributed by atoms with Crippen molar-refractivity contribution in [2.45, 2.75) is 102 Å². The lowest BCUT2D eigenvalue weighted by molar-refractivity contribution is -0.264. The van der Waals surface area contributed by atoms with E-state index >= 15 is 0 Å². The first-order valence-corrected chi connectivity index (χ1v) is 10.5. The van der Waals surface area contributed by atoms with Crippen LogP contribution in [-0.2, 0) is 4.74 Å². The van der Waals surface area contributed by atoms with E-state index in [1.54, 1.807) is 0 Å². The highest BCUT2D eigenvalue weighted by molar-refractivity contribution is 5.07. The first-order valence-electron chi connectivity index (χ1n) is 10.5. The molecule has 1 atom stereocenters. The molecule has 24 heavy (non-hydrogen) atoms. The highest BCUT2D eigenvalue weighted by atomic mass is 16.5. The van der Waals surface area contributed by atoms with Gasteiger partial charge in [-0.1, -0.05) is 6.42 Å². The van der Waals surface area contributed by atoms with Crippen molar-refractivity contribution in [2.75, 3.05) is 26.2 Å². The Bertz CT molecular complexity index is 442. The van der Waals surface area contributed by atoms with Gasteiger partial charge in [-0.2, -0.15) is 0 Å². The van der Waals surface area contributed by atoms with Crippen LogP contribution >= 0.6 is 0 Å². The van der Waals surface area contributed by atoms with Crippen molar-refractivity contribution in [3.63, 3.8) is 0 Å². The third-order valence-electron chi connectivity index (χ3n) is 8.23. The van der Waals surface area contributed by atoms with Crippen LogP contribution in [0.3, 0.4) is 0 Å². The Morgan fingerprint density at radius 2 is 1.50 bits per heavy atom. The molecule has 3 heterocycles. The van der Waals surface area contributed by atoms with Gasteiger partial charge in [-0.25, -0.2) is 0 Å². The first-order chi connectivity index (χ1) is 11.3.